The third-order valence-corrected chi connectivity index (χ3v) is 3.47. The lowest BCUT2D eigenvalue weighted by molar-refractivity contribution is 0.137. The van der Waals surface area contributed by atoms with Gasteiger partial charge in [0.1, 0.15) is 5.69 Å². The van der Waals surface area contributed by atoms with Crippen LogP contribution >= 0.6 is 11.8 Å². The summed E-state index contributed by atoms with van der Waals surface area (Å²) in [6.45, 7) is -0.303. The molecule has 0 aromatic heterocycles. The van der Waals surface area contributed by atoms with Crippen molar-refractivity contribution in [1.82, 2.24) is 5.32 Å². The summed E-state index contributed by atoms with van der Waals surface area (Å²) in [6.07, 6.45) is -3.47. The van der Waals surface area contributed by atoms with Gasteiger partial charge in [0, 0.05) is 24.6 Å². The number of alkyl halides is 2. The number of aliphatic hydroxyl groups is 1. The molecule has 1 rings (SSSR count). The summed E-state index contributed by atoms with van der Waals surface area (Å²) in [5, 5.41) is 22.5. The van der Waals surface area contributed by atoms with Crippen LogP contribution in [0.15, 0.2) is 12.1 Å². The average Bonchev–Trinajstić information content (AvgIpc) is 2.43. The predicted molar refractivity (Wildman–Crippen MR) is 77.2 cm³/mol. The number of rotatable bonds is 9. The van der Waals surface area contributed by atoms with E-state index in [1.165, 1.54) is 0 Å². The van der Waals surface area contributed by atoms with E-state index in [4.69, 9.17) is 5.73 Å². The molecular weight excluding hydrogens is 326 g/mol. The van der Waals surface area contributed by atoms with Crippen LogP contribution in [0.25, 0.3) is 0 Å². The lowest BCUT2D eigenvalue weighted by Crippen LogP contribution is -2.37. The van der Waals surface area contributed by atoms with Gasteiger partial charge in [-0.05, 0) is 0 Å². The molecule has 0 aliphatic heterocycles. The van der Waals surface area contributed by atoms with Crippen LogP contribution in [-0.2, 0) is 0 Å². The van der Waals surface area contributed by atoms with Gasteiger partial charge in [0.15, 0.2) is 11.6 Å². The van der Waals surface area contributed by atoms with E-state index >= 15 is 0 Å². The standard InChI is InChI=1S/C12H17F4N3O2S/c13-9-1-7(2-10(14)12(9)17)19(21)4-8(20)3-18-6-22-5-11(15)16/h1-2,8,11,18,20-21H,3-6,17H2/t8-/m0/s1. The number of nitrogens with one attached hydrogen (secondary N) is 1. The molecule has 0 radical (unpaired) electrons. The topological polar surface area (TPSA) is 81.8 Å². The number of hydrogen-bond acceptors (Lipinski definition) is 6. The van der Waals surface area contributed by atoms with Crippen LogP contribution in [0.5, 0.6) is 0 Å². The van der Waals surface area contributed by atoms with Gasteiger partial charge in [-0.1, -0.05) is 0 Å². The van der Waals surface area contributed by atoms with Crippen LogP contribution in [0.3, 0.4) is 0 Å². The first-order chi connectivity index (χ1) is 10.3. The third kappa shape index (κ3) is 6.26. The van der Waals surface area contributed by atoms with Crippen molar-refractivity contribution in [3.05, 3.63) is 23.8 Å². The quantitative estimate of drug-likeness (QED) is 0.179. The highest BCUT2D eigenvalue weighted by Crippen LogP contribution is 2.22. The number of nitrogens with two attached hydrogens (primary N) is 1. The number of nitrogens with zero attached hydrogens (tertiary/aromatic N) is 1. The molecule has 1 atom stereocenters. The highest BCUT2D eigenvalue weighted by Gasteiger charge is 2.15. The van der Waals surface area contributed by atoms with Gasteiger partial charge < -0.3 is 16.2 Å². The fraction of sp³-hybridized carbons (Fsp3) is 0.500. The Morgan fingerprint density at radius 3 is 2.41 bits per heavy atom. The zero-order valence-corrected chi connectivity index (χ0v) is 12.3. The summed E-state index contributed by atoms with van der Waals surface area (Å²) in [5.41, 5.74) is 4.25. The van der Waals surface area contributed by atoms with Crippen molar-refractivity contribution in [2.24, 2.45) is 0 Å². The van der Waals surface area contributed by atoms with E-state index in [1.54, 1.807) is 0 Å². The fourth-order valence-electron chi connectivity index (χ4n) is 1.54. The first kappa shape index (κ1) is 18.8. The molecule has 0 spiro atoms. The van der Waals surface area contributed by atoms with Crippen molar-refractivity contribution in [2.45, 2.75) is 12.5 Å². The summed E-state index contributed by atoms with van der Waals surface area (Å²) in [6, 6.07) is 1.66. The number of thioether (sulfide) groups is 1. The van der Waals surface area contributed by atoms with Gasteiger partial charge in [-0.25, -0.2) is 17.6 Å². The van der Waals surface area contributed by atoms with Gasteiger partial charge in [0.05, 0.1) is 24.1 Å². The molecule has 0 heterocycles. The molecule has 0 aliphatic rings. The number of benzene rings is 1. The summed E-state index contributed by atoms with van der Waals surface area (Å²) in [7, 11) is 0. The highest BCUT2D eigenvalue weighted by molar-refractivity contribution is 7.99. The predicted octanol–water partition coefficient (Wildman–Crippen LogP) is 1.65. The third-order valence-electron chi connectivity index (χ3n) is 2.57. The number of hydrogen-bond donors (Lipinski definition) is 4. The van der Waals surface area contributed by atoms with Crippen molar-refractivity contribution in [1.29, 1.82) is 0 Å². The van der Waals surface area contributed by atoms with Crippen molar-refractivity contribution in [3.63, 3.8) is 0 Å². The molecule has 0 amide bonds. The Morgan fingerprint density at radius 1 is 1.27 bits per heavy atom. The molecule has 126 valence electrons. The fourth-order valence-corrected chi connectivity index (χ4v) is 2.09. The second kappa shape index (κ2) is 9.03. The second-order valence-corrected chi connectivity index (χ2v) is 5.45. The maximum atomic E-state index is 13.2. The largest absolute Gasteiger partial charge is 0.394 e. The molecule has 1 aromatic rings. The van der Waals surface area contributed by atoms with Crippen LogP contribution in [0.2, 0.25) is 0 Å². The van der Waals surface area contributed by atoms with Gasteiger partial charge >= 0.3 is 0 Å². The maximum Gasteiger partial charge on any atom is 0.247 e. The molecule has 5 nitrogen and oxygen atoms in total. The number of aliphatic hydroxyl groups excluding tert-OH is 1. The van der Waals surface area contributed by atoms with E-state index in [0.717, 1.165) is 23.9 Å². The van der Waals surface area contributed by atoms with Crippen LogP contribution < -0.4 is 16.1 Å². The monoisotopic (exact) mass is 343 g/mol. The SMILES string of the molecule is Nc1c(F)cc(N(O)C[C@@H](O)CNCSCC(F)F)cc1F. The van der Waals surface area contributed by atoms with Gasteiger partial charge in [0.2, 0.25) is 6.43 Å². The normalized spacial score (nSPS) is 12.7. The summed E-state index contributed by atoms with van der Waals surface area (Å²) in [4.78, 5) is 0. The minimum absolute atomic E-state index is 0.0211. The Labute approximate surface area is 129 Å². The van der Waals surface area contributed by atoms with Crippen LogP contribution in [0.4, 0.5) is 28.9 Å². The van der Waals surface area contributed by atoms with Crippen molar-refractivity contribution < 1.29 is 27.9 Å². The molecule has 0 bridgehead atoms. The number of anilines is 2. The Balaban J connectivity index is 2.39. The lowest BCUT2D eigenvalue weighted by atomic mass is 10.2. The zero-order chi connectivity index (χ0) is 16.7. The van der Waals surface area contributed by atoms with E-state index in [9.17, 15) is 27.9 Å². The Bertz CT molecular complexity index is 459. The van der Waals surface area contributed by atoms with Crippen molar-refractivity contribution >= 4 is 23.1 Å². The van der Waals surface area contributed by atoms with E-state index < -0.39 is 29.9 Å². The Hall–Kier alpha value is -1.23. The number of halogens is 4. The zero-order valence-electron chi connectivity index (χ0n) is 11.5. The van der Waals surface area contributed by atoms with E-state index in [-0.39, 0.29) is 30.4 Å². The van der Waals surface area contributed by atoms with E-state index in [0.29, 0.717) is 5.06 Å². The van der Waals surface area contributed by atoms with Crippen LogP contribution in [-0.4, -0.2) is 47.6 Å². The molecule has 0 unspecified atom stereocenters. The van der Waals surface area contributed by atoms with Crippen LogP contribution in [0.1, 0.15) is 0 Å². The minimum atomic E-state index is -2.40. The van der Waals surface area contributed by atoms with Gasteiger partial charge in [0.25, 0.3) is 0 Å². The maximum absolute atomic E-state index is 13.2. The van der Waals surface area contributed by atoms with E-state index in [2.05, 4.69) is 5.32 Å². The molecule has 5 N–H and O–H groups in total. The molecular formula is C12H17F4N3O2S. The van der Waals surface area contributed by atoms with Crippen molar-refractivity contribution in [3.8, 4) is 0 Å². The van der Waals surface area contributed by atoms with Crippen molar-refractivity contribution in [2.75, 3.05) is 35.5 Å². The molecule has 0 saturated heterocycles. The lowest BCUT2D eigenvalue weighted by Gasteiger charge is -2.21. The van der Waals surface area contributed by atoms with Gasteiger partial charge in [-0.15, -0.1) is 11.8 Å². The smallest absolute Gasteiger partial charge is 0.247 e. The molecule has 0 aliphatic carbocycles. The molecule has 22 heavy (non-hydrogen) atoms. The molecule has 0 saturated carbocycles. The summed E-state index contributed by atoms with van der Waals surface area (Å²) < 4.78 is 50.2. The molecule has 1 aromatic carbocycles. The summed E-state index contributed by atoms with van der Waals surface area (Å²) >= 11 is 0.963. The second-order valence-electron chi connectivity index (χ2n) is 4.42. The average molecular weight is 343 g/mol. The number of hydroxylamine groups is 1. The first-order valence-electron chi connectivity index (χ1n) is 6.27. The Kier molecular flexibility index (Phi) is 7.73. The highest BCUT2D eigenvalue weighted by atomic mass is 32.2. The summed E-state index contributed by atoms with van der Waals surface area (Å²) in [5.74, 6) is -2.16. The number of nitrogen functional groups attached to an aromatic ring is 1. The molecule has 0 fully saturated rings. The van der Waals surface area contributed by atoms with Gasteiger partial charge in [-0.2, -0.15) is 0 Å². The Morgan fingerprint density at radius 2 is 1.86 bits per heavy atom. The molecule has 10 heteroatoms. The van der Waals surface area contributed by atoms with Crippen LogP contribution in [0, 0.1) is 11.6 Å². The minimum Gasteiger partial charge on any atom is -0.394 e. The van der Waals surface area contributed by atoms with Gasteiger partial charge in [-0.3, -0.25) is 10.3 Å². The first-order valence-corrected chi connectivity index (χ1v) is 7.42. The van der Waals surface area contributed by atoms with E-state index in [1.807, 2.05) is 0 Å².